The van der Waals surface area contributed by atoms with Crippen LogP contribution in [0.4, 0.5) is 4.39 Å². The van der Waals surface area contributed by atoms with Crippen LogP contribution in [0.1, 0.15) is 29.5 Å². The van der Waals surface area contributed by atoms with Gasteiger partial charge < -0.3 is 25.8 Å². The average molecular weight is 596 g/mol. The first kappa shape index (κ1) is 29.1. The Kier molecular flexibility index (Phi) is 8.40. The molecule has 4 aromatic rings. The van der Waals surface area contributed by atoms with Gasteiger partial charge in [0, 0.05) is 42.9 Å². The van der Waals surface area contributed by atoms with E-state index in [4.69, 9.17) is 0 Å². The fourth-order valence-corrected chi connectivity index (χ4v) is 6.16. The van der Waals surface area contributed by atoms with Crippen molar-refractivity contribution in [3.8, 4) is 0 Å². The van der Waals surface area contributed by atoms with Crippen LogP contribution >= 0.6 is 0 Å². The fourth-order valence-electron chi connectivity index (χ4n) is 6.16. The topological polar surface area (TPSA) is 123 Å². The number of fused-ring (bicyclic) bond motifs is 2. The third-order valence-corrected chi connectivity index (χ3v) is 8.45. The molecule has 0 bridgehead atoms. The largest absolute Gasteiger partial charge is 0.361 e. The molecule has 2 aliphatic heterocycles. The minimum absolute atomic E-state index is 0.0973. The van der Waals surface area contributed by atoms with Crippen molar-refractivity contribution in [1.82, 2.24) is 25.8 Å². The maximum atomic E-state index is 14.0. The lowest BCUT2D eigenvalue weighted by molar-refractivity contribution is -0.143. The zero-order valence-electron chi connectivity index (χ0n) is 24.1. The summed E-state index contributed by atoms with van der Waals surface area (Å²) in [5.41, 5.74) is 3.20. The minimum Gasteiger partial charge on any atom is -0.361 e. The average Bonchev–Trinajstić information content (AvgIpc) is 3.69. The molecule has 0 radical (unpaired) electrons. The summed E-state index contributed by atoms with van der Waals surface area (Å²) in [7, 11) is 0. The number of carbonyl (C=O) groups excluding carboxylic acids is 4. The number of hydrogen-bond acceptors (Lipinski definition) is 4. The Labute approximate surface area is 254 Å². The molecule has 2 fully saturated rings. The number of aromatic amines is 1. The molecule has 4 atom stereocenters. The van der Waals surface area contributed by atoms with Crippen LogP contribution in [0, 0.1) is 5.82 Å². The summed E-state index contributed by atoms with van der Waals surface area (Å²) in [5.74, 6) is -2.23. The van der Waals surface area contributed by atoms with E-state index in [1.54, 1.807) is 18.3 Å². The first-order chi connectivity index (χ1) is 21.4. The smallest absolute Gasteiger partial charge is 0.246 e. The molecule has 3 aromatic carbocycles. The molecular weight excluding hydrogens is 561 g/mol. The lowest BCUT2D eigenvalue weighted by Crippen LogP contribution is -2.62. The highest BCUT2D eigenvalue weighted by Gasteiger charge is 2.40. The molecule has 2 aliphatic rings. The number of halogens is 1. The second kappa shape index (κ2) is 12.7. The van der Waals surface area contributed by atoms with Gasteiger partial charge in [0.05, 0.1) is 0 Å². The van der Waals surface area contributed by atoms with Crippen LogP contribution in [0.2, 0.25) is 0 Å². The van der Waals surface area contributed by atoms with Gasteiger partial charge in [0.1, 0.15) is 30.0 Å². The van der Waals surface area contributed by atoms with Crippen LogP contribution in [0.5, 0.6) is 0 Å². The normalized spacial score (nSPS) is 22.9. The second-order valence-electron chi connectivity index (χ2n) is 11.5. The Balaban J connectivity index is 1.36. The quantitative estimate of drug-likeness (QED) is 0.274. The molecule has 0 saturated carbocycles. The van der Waals surface area contributed by atoms with Gasteiger partial charge in [-0.1, -0.05) is 60.7 Å². The van der Waals surface area contributed by atoms with Gasteiger partial charge in [-0.15, -0.1) is 0 Å². The highest BCUT2D eigenvalue weighted by Crippen LogP contribution is 2.22. The van der Waals surface area contributed by atoms with Gasteiger partial charge in [0.2, 0.25) is 23.6 Å². The van der Waals surface area contributed by atoms with Gasteiger partial charge in [0.25, 0.3) is 0 Å². The molecule has 2 saturated heterocycles. The molecule has 6 rings (SSSR count). The highest BCUT2D eigenvalue weighted by atomic mass is 19.1. The Morgan fingerprint density at radius 3 is 2.07 bits per heavy atom. The number of benzene rings is 3. The molecule has 0 spiro atoms. The van der Waals surface area contributed by atoms with E-state index in [2.05, 4.69) is 20.9 Å². The predicted octanol–water partition coefficient (Wildman–Crippen LogP) is 2.79. The third kappa shape index (κ3) is 6.34. The van der Waals surface area contributed by atoms with Crippen molar-refractivity contribution in [2.24, 2.45) is 0 Å². The van der Waals surface area contributed by atoms with E-state index in [-0.39, 0.29) is 19.3 Å². The Morgan fingerprint density at radius 1 is 0.682 bits per heavy atom. The maximum absolute atomic E-state index is 14.0. The summed E-state index contributed by atoms with van der Waals surface area (Å²) in [5, 5.41) is 9.59. The summed E-state index contributed by atoms with van der Waals surface area (Å²) in [6.07, 6.45) is 3.32. The number of hydrogen-bond donors (Lipinski definition) is 4. The lowest BCUT2D eigenvalue weighted by atomic mass is 9.99. The molecule has 226 valence electrons. The molecule has 3 heterocycles. The van der Waals surface area contributed by atoms with Crippen LogP contribution in [0.15, 0.2) is 85.1 Å². The number of amides is 4. The summed E-state index contributed by atoms with van der Waals surface area (Å²) < 4.78 is 13.6. The van der Waals surface area contributed by atoms with E-state index in [0.717, 1.165) is 22.0 Å². The Hall–Kier alpha value is -4.99. The van der Waals surface area contributed by atoms with Gasteiger partial charge in [-0.3, -0.25) is 19.2 Å². The summed E-state index contributed by atoms with van der Waals surface area (Å²) in [6.45, 7) is 0.348. The summed E-state index contributed by atoms with van der Waals surface area (Å²) in [6, 6.07) is 18.9. The van der Waals surface area contributed by atoms with Crippen molar-refractivity contribution >= 4 is 34.5 Å². The molecule has 9 nitrogen and oxygen atoms in total. The molecule has 44 heavy (non-hydrogen) atoms. The zero-order valence-corrected chi connectivity index (χ0v) is 24.1. The van der Waals surface area contributed by atoms with E-state index in [1.165, 1.54) is 17.0 Å². The van der Waals surface area contributed by atoms with E-state index in [0.29, 0.717) is 24.9 Å². The number of H-pyrrole nitrogens is 1. The van der Waals surface area contributed by atoms with Gasteiger partial charge in [-0.2, -0.15) is 0 Å². The summed E-state index contributed by atoms with van der Waals surface area (Å²) in [4.78, 5) is 60.2. The van der Waals surface area contributed by atoms with Gasteiger partial charge in [-0.05, 0) is 47.7 Å². The van der Waals surface area contributed by atoms with E-state index in [1.807, 2.05) is 54.6 Å². The zero-order chi connectivity index (χ0) is 30.6. The Bertz CT molecular complexity index is 1670. The minimum atomic E-state index is -1.05. The highest BCUT2D eigenvalue weighted by molar-refractivity contribution is 5.98. The molecular formula is C34H34FN5O4. The van der Waals surface area contributed by atoms with Gasteiger partial charge in [-0.25, -0.2) is 4.39 Å². The molecule has 4 amide bonds. The van der Waals surface area contributed by atoms with Crippen molar-refractivity contribution in [3.05, 3.63) is 108 Å². The van der Waals surface area contributed by atoms with E-state index < -0.39 is 53.6 Å². The van der Waals surface area contributed by atoms with Crippen LogP contribution in [-0.4, -0.2) is 64.2 Å². The predicted molar refractivity (Wildman–Crippen MR) is 163 cm³/mol. The lowest BCUT2D eigenvalue weighted by Gasteiger charge is -2.32. The number of nitrogens with zero attached hydrogens (tertiary/aromatic N) is 1. The van der Waals surface area contributed by atoms with Crippen molar-refractivity contribution in [2.75, 3.05) is 6.54 Å². The van der Waals surface area contributed by atoms with Crippen molar-refractivity contribution < 1.29 is 23.6 Å². The van der Waals surface area contributed by atoms with Crippen molar-refractivity contribution in [1.29, 1.82) is 0 Å². The molecule has 10 heteroatoms. The van der Waals surface area contributed by atoms with Gasteiger partial charge in [0.15, 0.2) is 0 Å². The first-order valence-electron chi connectivity index (χ1n) is 14.9. The van der Waals surface area contributed by atoms with Crippen LogP contribution in [0.25, 0.3) is 10.9 Å². The van der Waals surface area contributed by atoms with Crippen LogP contribution in [0.3, 0.4) is 0 Å². The second-order valence-corrected chi connectivity index (χ2v) is 11.5. The molecule has 0 aliphatic carbocycles. The number of aromatic nitrogens is 1. The standard InChI is InChI=1S/C34H34FN5O4/c35-24-14-12-22(13-15-24)18-29-34(44)40-16-6-11-30(40)33(43)38-27(17-21-7-2-1-3-8-21)31(41)37-28(32(42)39-29)19-23-20-36-26-10-5-4-9-25(23)26/h1-5,7-10,12-15,20,27-30,36H,6,11,16-19H2,(H,37,41)(H,38,43)(H,39,42)/t27-,28+,29-,30+/m0/s1. The number of para-hydroxylation sites is 1. The van der Waals surface area contributed by atoms with E-state index in [9.17, 15) is 23.6 Å². The fraction of sp³-hybridized carbons (Fsp3) is 0.294. The maximum Gasteiger partial charge on any atom is 0.246 e. The number of carbonyl (C=O) groups is 4. The SMILES string of the molecule is O=C1N[C@H](Cc2c[nH]c3ccccc23)C(=O)N[C@@H](Cc2ccc(F)cc2)C(=O)N2CCC[C@@H]2C(=O)N[C@H]1Cc1ccccc1. The first-order valence-corrected chi connectivity index (χ1v) is 14.9. The van der Waals surface area contributed by atoms with Crippen molar-refractivity contribution in [3.63, 3.8) is 0 Å². The van der Waals surface area contributed by atoms with Crippen molar-refractivity contribution in [2.45, 2.75) is 56.3 Å². The third-order valence-electron chi connectivity index (χ3n) is 8.45. The number of nitrogens with one attached hydrogen (secondary N) is 4. The monoisotopic (exact) mass is 595 g/mol. The Morgan fingerprint density at radius 2 is 1.30 bits per heavy atom. The molecule has 4 N–H and O–H groups in total. The number of rotatable bonds is 6. The van der Waals surface area contributed by atoms with E-state index >= 15 is 0 Å². The molecule has 0 unspecified atom stereocenters. The van der Waals surface area contributed by atoms with Crippen LogP contribution < -0.4 is 16.0 Å². The van der Waals surface area contributed by atoms with Crippen LogP contribution in [-0.2, 0) is 38.4 Å². The molecule has 1 aromatic heterocycles. The van der Waals surface area contributed by atoms with Gasteiger partial charge >= 0.3 is 0 Å². The summed E-state index contributed by atoms with van der Waals surface area (Å²) >= 11 is 0.